The average Bonchev–Trinajstić information content (AvgIpc) is 3.45. The highest BCUT2D eigenvalue weighted by Gasteiger charge is 2.21. The minimum Gasteiger partial charge on any atom is -0.364 e. The molecular formula is C27H27N9O3. The molecule has 0 aliphatic carbocycles. The van der Waals surface area contributed by atoms with Crippen LogP contribution in [-0.2, 0) is 12.5 Å². The number of nitrogens with one attached hydrogen (secondary N) is 3. The van der Waals surface area contributed by atoms with Gasteiger partial charge in [0.2, 0.25) is 5.95 Å². The summed E-state index contributed by atoms with van der Waals surface area (Å²) in [5.74, 6) is 1.04. The molecule has 2 amide bonds. The molecular weight excluding hydrogens is 498 g/mol. The highest BCUT2D eigenvalue weighted by Crippen LogP contribution is 2.29. The number of rotatable bonds is 5. The second-order valence-electron chi connectivity index (χ2n) is 9.92. The quantitative estimate of drug-likeness (QED) is 0.302. The van der Waals surface area contributed by atoms with Crippen molar-refractivity contribution in [2.45, 2.75) is 26.2 Å². The van der Waals surface area contributed by atoms with E-state index in [0.717, 1.165) is 0 Å². The van der Waals surface area contributed by atoms with E-state index in [-0.39, 0.29) is 11.0 Å². The van der Waals surface area contributed by atoms with Gasteiger partial charge in [-0.3, -0.25) is 9.36 Å². The van der Waals surface area contributed by atoms with Gasteiger partial charge >= 0.3 is 6.03 Å². The third kappa shape index (κ3) is 5.17. The van der Waals surface area contributed by atoms with Crippen LogP contribution in [0.5, 0.6) is 0 Å². The molecule has 12 nitrogen and oxygen atoms in total. The van der Waals surface area contributed by atoms with Crippen LogP contribution in [0.15, 0.2) is 64.5 Å². The molecule has 39 heavy (non-hydrogen) atoms. The number of nitrogens with zero attached hydrogens (tertiary/aromatic N) is 6. The number of aryl methyl sites for hydroxylation is 1. The van der Waals surface area contributed by atoms with Crippen LogP contribution < -0.4 is 21.5 Å². The van der Waals surface area contributed by atoms with Gasteiger partial charge in [-0.25, -0.2) is 19.7 Å². The maximum absolute atomic E-state index is 13.2. The van der Waals surface area contributed by atoms with Gasteiger partial charge in [-0.2, -0.15) is 4.98 Å². The molecule has 12 heteroatoms. The molecule has 4 aromatic heterocycles. The number of carbonyl (C=O) groups excluding carboxylic acids is 1. The van der Waals surface area contributed by atoms with Crippen molar-refractivity contribution in [3.8, 4) is 22.4 Å². The Kier molecular flexibility index (Phi) is 6.52. The van der Waals surface area contributed by atoms with Crippen molar-refractivity contribution in [1.82, 2.24) is 29.7 Å². The van der Waals surface area contributed by atoms with E-state index in [4.69, 9.17) is 4.52 Å². The number of aromatic nitrogens is 6. The van der Waals surface area contributed by atoms with E-state index >= 15 is 0 Å². The minimum absolute atomic E-state index is 0.223. The standard InChI is InChI=1S/C27H27N9O3/c1-27(2,3)24-29-13-20(21(34-24)17-12-31-39-14-17)33-26(38)32-18-8-6-7-15(9-18)19-10-16-11-30-25(28-4)35-22(16)36(5)23(19)37/h6-14H,1-5H3,(H,28,30,35)(H2,32,33,38). The van der Waals surface area contributed by atoms with E-state index in [0.29, 0.717) is 56.6 Å². The van der Waals surface area contributed by atoms with E-state index < -0.39 is 6.03 Å². The van der Waals surface area contributed by atoms with Crippen LogP contribution in [0.1, 0.15) is 26.6 Å². The summed E-state index contributed by atoms with van der Waals surface area (Å²) in [6.45, 7) is 6.01. The monoisotopic (exact) mass is 525 g/mol. The summed E-state index contributed by atoms with van der Waals surface area (Å²) in [5.41, 5.74) is 3.07. The summed E-state index contributed by atoms with van der Waals surface area (Å²) in [7, 11) is 3.38. The summed E-state index contributed by atoms with van der Waals surface area (Å²) in [5, 5.41) is 13.0. The first kappa shape index (κ1) is 25.5. The van der Waals surface area contributed by atoms with Crippen LogP contribution >= 0.6 is 0 Å². The number of hydrogen-bond acceptors (Lipinski definition) is 9. The van der Waals surface area contributed by atoms with Crippen LogP contribution in [0.2, 0.25) is 0 Å². The van der Waals surface area contributed by atoms with Crippen molar-refractivity contribution in [2.75, 3.05) is 23.0 Å². The fraction of sp³-hybridized carbons (Fsp3) is 0.222. The predicted octanol–water partition coefficient (Wildman–Crippen LogP) is 4.42. The smallest absolute Gasteiger partial charge is 0.323 e. The molecule has 0 unspecified atom stereocenters. The van der Waals surface area contributed by atoms with Crippen LogP contribution in [-0.4, -0.2) is 42.7 Å². The van der Waals surface area contributed by atoms with E-state index in [9.17, 15) is 9.59 Å². The maximum atomic E-state index is 13.2. The van der Waals surface area contributed by atoms with Crippen molar-refractivity contribution in [3.63, 3.8) is 0 Å². The van der Waals surface area contributed by atoms with Gasteiger partial charge in [0.25, 0.3) is 5.56 Å². The molecule has 5 aromatic rings. The third-order valence-corrected chi connectivity index (χ3v) is 6.02. The van der Waals surface area contributed by atoms with Gasteiger partial charge in [0.15, 0.2) is 0 Å². The minimum atomic E-state index is -0.503. The summed E-state index contributed by atoms with van der Waals surface area (Å²) in [6, 6.07) is 8.27. The highest BCUT2D eigenvalue weighted by molar-refractivity contribution is 6.02. The van der Waals surface area contributed by atoms with Crippen LogP contribution in [0.4, 0.5) is 22.1 Å². The number of amides is 2. The summed E-state index contributed by atoms with van der Waals surface area (Å²) >= 11 is 0. The first-order chi connectivity index (χ1) is 18.6. The van der Waals surface area contributed by atoms with Crippen molar-refractivity contribution in [3.05, 3.63) is 71.4 Å². The third-order valence-electron chi connectivity index (χ3n) is 6.02. The van der Waals surface area contributed by atoms with Gasteiger partial charge in [-0.15, -0.1) is 0 Å². The molecule has 0 spiro atoms. The maximum Gasteiger partial charge on any atom is 0.323 e. The van der Waals surface area contributed by atoms with Crippen molar-refractivity contribution < 1.29 is 9.32 Å². The Hall–Kier alpha value is -5.13. The Balaban J connectivity index is 1.42. The van der Waals surface area contributed by atoms with Crippen molar-refractivity contribution >= 4 is 34.4 Å². The Bertz CT molecular complexity index is 1740. The van der Waals surface area contributed by atoms with Gasteiger partial charge in [-0.1, -0.05) is 38.1 Å². The number of carbonyl (C=O) groups is 1. The topological polar surface area (TPSA) is 153 Å². The van der Waals surface area contributed by atoms with Gasteiger partial charge in [0.05, 0.1) is 23.6 Å². The molecule has 5 rings (SSSR count). The lowest BCUT2D eigenvalue weighted by Gasteiger charge is -2.18. The largest absolute Gasteiger partial charge is 0.364 e. The van der Waals surface area contributed by atoms with Crippen molar-refractivity contribution in [1.29, 1.82) is 0 Å². The summed E-state index contributed by atoms with van der Waals surface area (Å²) in [4.78, 5) is 43.9. The second kappa shape index (κ2) is 9.97. The summed E-state index contributed by atoms with van der Waals surface area (Å²) in [6.07, 6.45) is 6.20. The number of pyridine rings is 1. The fourth-order valence-electron chi connectivity index (χ4n) is 4.00. The molecule has 0 bridgehead atoms. The van der Waals surface area contributed by atoms with Crippen molar-refractivity contribution in [2.24, 2.45) is 7.05 Å². The lowest BCUT2D eigenvalue weighted by Crippen LogP contribution is -2.22. The molecule has 0 saturated heterocycles. The Labute approximate surface area is 223 Å². The molecule has 0 aliphatic rings. The lowest BCUT2D eigenvalue weighted by atomic mass is 9.95. The Morgan fingerprint density at radius 3 is 2.54 bits per heavy atom. The number of benzene rings is 1. The summed E-state index contributed by atoms with van der Waals surface area (Å²) < 4.78 is 6.46. The van der Waals surface area contributed by atoms with E-state index in [1.807, 2.05) is 20.8 Å². The van der Waals surface area contributed by atoms with E-state index in [2.05, 4.69) is 41.0 Å². The first-order valence-electron chi connectivity index (χ1n) is 12.1. The lowest BCUT2D eigenvalue weighted by molar-refractivity contribution is 0.262. The van der Waals surface area contributed by atoms with E-state index in [1.165, 1.54) is 17.0 Å². The predicted molar refractivity (Wildman–Crippen MR) is 149 cm³/mol. The number of hydrogen-bond donors (Lipinski definition) is 3. The zero-order valence-corrected chi connectivity index (χ0v) is 22.1. The van der Waals surface area contributed by atoms with Crippen LogP contribution in [0, 0.1) is 0 Å². The molecule has 198 valence electrons. The molecule has 0 aliphatic heterocycles. The number of urea groups is 1. The second-order valence-corrected chi connectivity index (χ2v) is 9.92. The Morgan fingerprint density at radius 2 is 1.82 bits per heavy atom. The first-order valence-corrected chi connectivity index (χ1v) is 12.1. The molecule has 0 atom stereocenters. The number of fused-ring (bicyclic) bond motifs is 1. The zero-order chi connectivity index (χ0) is 27.7. The SMILES string of the molecule is CNc1ncc2cc(-c3cccc(NC(=O)Nc4cnc(C(C)(C)C)nc4-c4cnoc4)c3)c(=O)n(C)c2n1. The normalized spacial score (nSPS) is 11.4. The molecule has 0 saturated carbocycles. The number of anilines is 3. The van der Waals surface area contributed by atoms with Crippen LogP contribution in [0.25, 0.3) is 33.4 Å². The highest BCUT2D eigenvalue weighted by atomic mass is 16.5. The van der Waals surface area contributed by atoms with Crippen LogP contribution in [0.3, 0.4) is 0 Å². The zero-order valence-electron chi connectivity index (χ0n) is 22.1. The van der Waals surface area contributed by atoms with Gasteiger partial charge in [-0.05, 0) is 23.8 Å². The van der Waals surface area contributed by atoms with E-state index in [1.54, 1.807) is 56.8 Å². The Morgan fingerprint density at radius 1 is 1.00 bits per heavy atom. The molecule has 4 heterocycles. The average molecular weight is 526 g/mol. The molecule has 0 fully saturated rings. The molecule has 3 N–H and O–H groups in total. The van der Waals surface area contributed by atoms with Gasteiger partial charge in [0, 0.05) is 42.3 Å². The molecule has 1 aromatic carbocycles. The fourth-order valence-corrected chi connectivity index (χ4v) is 4.00. The molecule has 0 radical (unpaired) electrons. The van der Waals surface area contributed by atoms with Gasteiger partial charge in [0.1, 0.15) is 23.4 Å². The van der Waals surface area contributed by atoms with Gasteiger partial charge < -0.3 is 20.5 Å².